The molecule has 3 heterocycles. The highest BCUT2D eigenvalue weighted by molar-refractivity contribution is 5.85. The maximum Gasteiger partial charge on any atom is 0.326 e. The number of furan rings is 1. The highest BCUT2D eigenvalue weighted by Crippen LogP contribution is 2.22. The van der Waals surface area contributed by atoms with Crippen LogP contribution in [0.1, 0.15) is 24.3 Å². The lowest BCUT2D eigenvalue weighted by molar-refractivity contribution is -0.145. The number of rotatable bonds is 6. The van der Waals surface area contributed by atoms with Gasteiger partial charge in [0.15, 0.2) is 5.76 Å². The van der Waals surface area contributed by atoms with Gasteiger partial charge < -0.3 is 24.0 Å². The minimum Gasteiger partial charge on any atom is -0.480 e. The van der Waals surface area contributed by atoms with Crippen molar-refractivity contribution in [2.24, 2.45) is 5.92 Å². The molecular formula is C17H20N2O6. The summed E-state index contributed by atoms with van der Waals surface area (Å²) in [7, 11) is 0. The van der Waals surface area contributed by atoms with E-state index >= 15 is 0 Å². The van der Waals surface area contributed by atoms with Gasteiger partial charge in [0, 0.05) is 12.5 Å². The average molecular weight is 348 g/mol. The zero-order chi connectivity index (χ0) is 17.8. The number of amides is 1. The molecule has 8 heteroatoms. The minimum absolute atomic E-state index is 0.0621. The van der Waals surface area contributed by atoms with Gasteiger partial charge in [-0.05, 0) is 31.9 Å². The number of oxazole rings is 1. The minimum atomic E-state index is -1.06. The van der Waals surface area contributed by atoms with Gasteiger partial charge in [-0.15, -0.1) is 0 Å². The fourth-order valence-corrected chi connectivity index (χ4v) is 2.88. The van der Waals surface area contributed by atoms with Gasteiger partial charge in [-0.2, -0.15) is 0 Å². The Morgan fingerprint density at radius 3 is 2.96 bits per heavy atom. The van der Waals surface area contributed by atoms with Crippen LogP contribution in [0.3, 0.4) is 0 Å². The molecule has 134 valence electrons. The third kappa shape index (κ3) is 4.08. The average Bonchev–Trinajstić information content (AvgIpc) is 3.24. The van der Waals surface area contributed by atoms with E-state index in [4.69, 9.17) is 13.6 Å². The molecule has 0 aromatic carbocycles. The van der Waals surface area contributed by atoms with Gasteiger partial charge in [0.1, 0.15) is 11.8 Å². The summed E-state index contributed by atoms with van der Waals surface area (Å²) in [6, 6.07) is 2.45. The van der Waals surface area contributed by atoms with Crippen molar-refractivity contribution < 1.29 is 28.3 Å². The number of carbonyl (C=O) groups is 2. The maximum atomic E-state index is 12.3. The van der Waals surface area contributed by atoms with E-state index in [1.807, 2.05) is 0 Å². The molecular weight excluding hydrogens is 328 g/mol. The summed E-state index contributed by atoms with van der Waals surface area (Å²) in [5, 5.41) is 12.0. The highest BCUT2D eigenvalue weighted by atomic mass is 16.5. The molecule has 0 spiro atoms. The van der Waals surface area contributed by atoms with Crippen molar-refractivity contribution in [1.82, 2.24) is 10.3 Å². The van der Waals surface area contributed by atoms with E-state index in [1.54, 1.807) is 19.1 Å². The van der Waals surface area contributed by atoms with Crippen molar-refractivity contribution in [1.29, 1.82) is 0 Å². The lowest BCUT2D eigenvalue weighted by Gasteiger charge is -2.28. The van der Waals surface area contributed by atoms with Gasteiger partial charge in [-0.3, -0.25) is 4.79 Å². The summed E-state index contributed by atoms with van der Waals surface area (Å²) in [6.07, 6.45) is 2.94. The summed E-state index contributed by atoms with van der Waals surface area (Å²) >= 11 is 0. The van der Waals surface area contributed by atoms with Crippen LogP contribution >= 0.6 is 0 Å². The molecule has 1 amide bonds. The van der Waals surface area contributed by atoms with Crippen LogP contribution in [-0.4, -0.2) is 41.2 Å². The fourth-order valence-electron chi connectivity index (χ4n) is 2.88. The van der Waals surface area contributed by atoms with Gasteiger partial charge in [0.2, 0.25) is 5.91 Å². The molecule has 1 saturated heterocycles. The second-order valence-electron chi connectivity index (χ2n) is 6.04. The molecule has 2 atom stereocenters. The zero-order valence-corrected chi connectivity index (χ0v) is 13.9. The number of aliphatic carboxylic acids is 1. The first-order chi connectivity index (χ1) is 12.0. The molecule has 3 rings (SSSR count). The van der Waals surface area contributed by atoms with Crippen LogP contribution in [0.15, 0.2) is 27.2 Å². The number of ether oxygens (including phenoxy) is 1. The Bertz CT molecular complexity index is 730. The standard InChI is InChI=1S/C17H20N2O6/c1-10-12(18-16(25-10)13-5-3-7-24-13)8-14(20)19-15(17(21)22)11-4-2-6-23-9-11/h3,5,7,11,15H,2,4,6,8-9H2,1H3,(H,19,20)(H,21,22). The van der Waals surface area contributed by atoms with Gasteiger partial charge in [-0.25, -0.2) is 9.78 Å². The third-order valence-electron chi connectivity index (χ3n) is 4.20. The Kier molecular flexibility index (Phi) is 5.18. The monoisotopic (exact) mass is 348 g/mol. The maximum absolute atomic E-state index is 12.3. The third-order valence-corrected chi connectivity index (χ3v) is 4.20. The number of hydrogen-bond acceptors (Lipinski definition) is 6. The molecule has 2 N–H and O–H groups in total. The molecule has 1 fully saturated rings. The van der Waals surface area contributed by atoms with Crippen LogP contribution in [-0.2, 0) is 20.7 Å². The molecule has 25 heavy (non-hydrogen) atoms. The fraction of sp³-hybridized carbons (Fsp3) is 0.471. The van der Waals surface area contributed by atoms with E-state index in [2.05, 4.69) is 10.3 Å². The largest absolute Gasteiger partial charge is 0.480 e. The summed E-state index contributed by atoms with van der Waals surface area (Å²) in [5.74, 6) is -0.447. The Morgan fingerprint density at radius 2 is 2.32 bits per heavy atom. The van der Waals surface area contributed by atoms with Crippen molar-refractivity contribution in [3.05, 3.63) is 29.9 Å². The lowest BCUT2D eigenvalue weighted by Crippen LogP contribution is -2.48. The summed E-state index contributed by atoms with van der Waals surface area (Å²) < 4.78 is 16.1. The summed E-state index contributed by atoms with van der Waals surface area (Å²) in [4.78, 5) is 28.1. The van der Waals surface area contributed by atoms with E-state index in [0.29, 0.717) is 42.7 Å². The van der Waals surface area contributed by atoms with Crippen molar-refractivity contribution in [3.63, 3.8) is 0 Å². The van der Waals surface area contributed by atoms with E-state index in [0.717, 1.165) is 6.42 Å². The molecule has 1 aliphatic heterocycles. The van der Waals surface area contributed by atoms with Crippen molar-refractivity contribution in [2.75, 3.05) is 13.2 Å². The molecule has 0 radical (unpaired) electrons. The molecule has 0 bridgehead atoms. The van der Waals surface area contributed by atoms with Crippen LogP contribution in [0.4, 0.5) is 0 Å². The van der Waals surface area contributed by atoms with Crippen LogP contribution in [0.2, 0.25) is 0 Å². The van der Waals surface area contributed by atoms with E-state index in [9.17, 15) is 14.7 Å². The smallest absolute Gasteiger partial charge is 0.326 e. The SMILES string of the molecule is Cc1oc(-c2ccco2)nc1CC(=O)NC(C(=O)O)C1CCCOC1. The first-order valence-electron chi connectivity index (χ1n) is 8.14. The van der Waals surface area contributed by atoms with Gasteiger partial charge in [0.05, 0.1) is 25.0 Å². The summed E-state index contributed by atoms with van der Waals surface area (Å²) in [5.41, 5.74) is 0.452. The second kappa shape index (κ2) is 7.52. The van der Waals surface area contributed by atoms with Gasteiger partial charge in [-0.1, -0.05) is 0 Å². The Hall–Kier alpha value is -2.61. The first kappa shape index (κ1) is 17.2. The number of carboxylic acid groups (broad SMARTS) is 1. The van der Waals surface area contributed by atoms with E-state index < -0.39 is 17.9 Å². The molecule has 0 aliphatic carbocycles. The highest BCUT2D eigenvalue weighted by Gasteiger charge is 2.31. The Morgan fingerprint density at radius 1 is 1.48 bits per heavy atom. The van der Waals surface area contributed by atoms with Crippen LogP contribution in [0.25, 0.3) is 11.7 Å². The predicted octanol–water partition coefficient (Wildman–Crippen LogP) is 1.78. The zero-order valence-electron chi connectivity index (χ0n) is 13.9. The van der Waals surface area contributed by atoms with Gasteiger partial charge in [0.25, 0.3) is 5.89 Å². The second-order valence-corrected chi connectivity index (χ2v) is 6.04. The number of nitrogens with zero attached hydrogens (tertiary/aromatic N) is 1. The quantitative estimate of drug-likeness (QED) is 0.817. The lowest BCUT2D eigenvalue weighted by atomic mass is 9.93. The number of aromatic nitrogens is 1. The van der Waals surface area contributed by atoms with Crippen molar-refractivity contribution >= 4 is 11.9 Å². The number of nitrogens with one attached hydrogen (secondary N) is 1. The van der Waals surface area contributed by atoms with Crippen LogP contribution in [0, 0.1) is 12.8 Å². The van der Waals surface area contributed by atoms with E-state index in [1.165, 1.54) is 6.26 Å². The molecule has 2 aromatic heterocycles. The Balaban J connectivity index is 1.66. The van der Waals surface area contributed by atoms with Gasteiger partial charge >= 0.3 is 5.97 Å². The molecule has 2 unspecified atom stereocenters. The van der Waals surface area contributed by atoms with E-state index in [-0.39, 0.29) is 12.3 Å². The molecule has 8 nitrogen and oxygen atoms in total. The van der Waals surface area contributed by atoms with Crippen LogP contribution < -0.4 is 5.32 Å². The number of carbonyl (C=O) groups excluding carboxylic acids is 1. The van der Waals surface area contributed by atoms with Crippen molar-refractivity contribution in [3.8, 4) is 11.7 Å². The van der Waals surface area contributed by atoms with Crippen LogP contribution in [0.5, 0.6) is 0 Å². The molecule has 1 aliphatic rings. The topological polar surface area (TPSA) is 115 Å². The summed E-state index contributed by atoms with van der Waals surface area (Å²) in [6.45, 7) is 2.67. The molecule has 0 saturated carbocycles. The Labute approximate surface area is 144 Å². The number of carboxylic acids is 1. The number of hydrogen-bond donors (Lipinski definition) is 2. The molecule has 2 aromatic rings. The predicted molar refractivity (Wildman–Crippen MR) is 85.8 cm³/mol. The first-order valence-corrected chi connectivity index (χ1v) is 8.14. The van der Waals surface area contributed by atoms with Crippen molar-refractivity contribution in [2.45, 2.75) is 32.2 Å². The normalized spacial score (nSPS) is 18.7. The number of aryl methyl sites for hydroxylation is 1.